The van der Waals surface area contributed by atoms with E-state index in [4.69, 9.17) is 9.47 Å². The number of ether oxygens (including phenoxy) is 2. The average Bonchev–Trinajstić information content (AvgIpc) is 2.48. The highest BCUT2D eigenvalue weighted by atomic mass is 16.6. The third-order valence-electron chi connectivity index (χ3n) is 3.29. The molecule has 0 aromatic heterocycles. The second-order valence-corrected chi connectivity index (χ2v) is 4.69. The maximum absolute atomic E-state index is 5.55. The monoisotopic (exact) mass is 258 g/mol. The summed E-state index contributed by atoms with van der Waals surface area (Å²) in [5, 5.41) is 3.34. The van der Waals surface area contributed by atoms with Gasteiger partial charge in [0.2, 0.25) is 0 Å². The minimum atomic E-state index is 0.616. The maximum atomic E-state index is 5.55. The van der Waals surface area contributed by atoms with Gasteiger partial charge >= 0.3 is 0 Å². The fourth-order valence-electron chi connectivity index (χ4n) is 2.24. The molecule has 4 heteroatoms. The van der Waals surface area contributed by atoms with E-state index in [1.807, 2.05) is 18.2 Å². The lowest BCUT2D eigenvalue weighted by molar-refractivity contribution is 0.171. The summed E-state index contributed by atoms with van der Waals surface area (Å²) in [4.78, 5) is 2.36. The molecule has 0 bridgehead atoms. The standard InChI is InChI=1S/C15H18N2O2/c1(7-17-8-5-16-6-9-17)2-13-3-4-14-15(12-13)19-11-10-18-14/h3-4,12,16H,5-11H2. The van der Waals surface area contributed by atoms with Gasteiger partial charge in [-0.3, -0.25) is 4.90 Å². The first kappa shape index (κ1) is 12.3. The molecule has 0 amide bonds. The van der Waals surface area contributed by atoms with Gasteiger partial charge in [-0.2, -0.15) is 0 Å². The van der Waals surface area contributed by atoms with E-state index < -0.39 is 0 Å². The van der Waals surface area contributed by atoms with Gasteiger partial charge in [-0.15, -0.1) is 0 Å². The summed E-state index contributed by atoms with van der Waals surface area (Å²) < 4.78 is 11.0. The predicted octanol–water partition coefficient (Wildman–Crippen LogP) is 0.714. The molecule has 0 unspecified atom stereocenters. The van der Waals surface area contributed by atoms with Crippen molar-refractivity contribution in [2.75, 3.05) is 45.9 Å². The van der Waals surface area contributed by atoms with E-state index in [2.05, 4.69) is 22.1 Å². The van der Waals surface area contributed by atoms with E-state index >= 15 is 0 Å². The van der Waals surface area contributed by atoms with Crippen LogP contribution in [-0.2, 0) is 0 Å². The highest BCUT2D eigenvalue weighted by molar-refractivity contribution is 5.48. The maximum Gasteiger partial charge on any atom is 0.162 e. The molecule has 1 aromatic rings. The Bertz CT molecular complexity index is 499. The summed E-state index contributed by atoms with van der Waals surface area (Å²) in [6.45, 7) is 6.35. The lowest BCUT2D eigenvalue weighted by atomic mass is 10.2. The van der Waals surface area contributed by atoms with Crippen molar-refractivity contribution in [1.82, 2.24) is 10.2 Å². The molecular weight excluding hydrogens is 240 g/mol. The van der Waals surface area contributed by atoms with Crippen molar-refractivity contribution in [1.29, 1.82) is 0 Å². The van der Waals surface area contributed by atoms with Crippen LogP contribution in [0.25, 0.3) is 0 Å². The number of hydrogen-bond donors (Lipinski definition) is 1. The van der Waals surface area contributed by atoms with Gasteiger partial charge in [0.1, 0.15) is 13.2 Å². The fraction of sp³-hybridized carbons (Fsp3) is 0.467. The summed E-state index contributed by atoms with van der Waals surface area (Å²) in [5.41, 5.74) is 0.986. The molecular formula is C15H18N2O2. The number of benzene rings is 1. The van der Waals surface area contributed by atoms with Crippen molar-refractivity contribution in [2.45, 2.75) is 0 Å². The summed E-state index contributed by atoms with van der Waals surface area (Å²) in [5.74, 6) is 8.05. The van der Waals surface area contributed by atoms with Crippen LogP contribution < -0.4 is 14.8 Å². The molecule has 0 aliphatic carbocycles. The van der Waals surface area contributed by atoms with E-state index in [1.165, 1.54) is 0 Å². The molecule has 1 fully saturated rings. The lowest BCUT2D eigenvalue weighted by Crippen LogP contribution is -2.43. The zero-order chi connectivity index (χ0) is 12.9. The lowest BCUT2D eigenvalue weighted by Gasteiger charge is -2.24. The molecule has 2 aliphatic heterocycles. The van der Waals surface area contributed by atoms with Crippen LogP contribution in [-0.4, -0.2) is 50.8 Å². The van der Waals surface area contributed by atoms with Crippen LogP contribution in [0.3, 0.4) is 0 Å². The first-order valence-corrected chi connectivity index (χ1v) is 6.73. The Labute approximate surface area is 113 Å². The van der Waals surface area contributed by atoms with Crippen molar-refractivity contribution in [3.05, 3.63) is 23.8 Å². The van der Waals surface area contributed by atoms with Gasteiger partial charge in [0.15, 0.2) is 11.5 Å². The van der Waals surface area contributed by atoms with Crippen LogP contribution in [0.2, 0.25) is 0 Å². The van der Waals surface area contributed by atoms with Crippen LogP contribution in [0.5, 0.6) is 11.5 Å². The quantitative estimate of drug-likeness (QED) is 0.752. The number of piperazine rings is 1. The van der Waals surface area contributed by atoms with Crippen LogP contribution >= 0.6 is 0 Å². The number of nitrogens with zero attached hydrogens (tertiary/aromatic N) is 1. The molecule has 0 saturated carbocycles. The van der Waals surface area contributed by atoms with E-state index in [1.54, 1.807) is 0 Å². The number of rotatable bonds is 1. The van der Waals surface area contributed by atoms with Crippen molar-refractivity contribution in [2.24, 2.45) is 0 Å². The van der Waals surface area contributed by atoms with E-state index in [9.17, 15) is 0 Å². The Hall–Kier alpha value is -1.70. The number of nitrogens with one attached hydrogen (secondary N) is 1. The topological polar surface area (TPSA) is 33.7 Å². The zero-order valence-electron chi connectivity index (χ0n) is 10.9. The first-order valence-electron chi connectivity index (χ1n) is 6.73. The van der Waals surface area contributed by atoms with Gasteiger partial charge in [0.05, 0.1) is 6.54 Å². The molecule has 2 aliphatic rings. The summed E-state index contributed by atoms with van der Waals surface area (Å²) in [6.07, 6.45) is 0. The smallest absolute Gasteiger partial charge is 0.162 e. The zero-order valence-corrected chi connectivity index (χ0v) is 10.9. The van der Waals surface area contributed by atoms with Crippen LogP contribution in [0.4, 0.5) is 0 Å². The van der Waals surface area contributed by atoms with Crippen molar-refractivity contribution in [3.63, 3.8) is 0 Å². The Kier molecular flexibility index (Phi) is 3.87. The third-order valence-corrected chi connectivity index (χ3v) is 3.29. The van der Waals surface area contributed by atoms with Gasteiger partial charge in [-0.05, 0) is 18.2 Å². The fourth-order valence-corrected chi connectivity index (χ4v) is 2.24. The highest BCUT2D eigenvalue weighted by Gasteiger charge is 2.11. The summed E-state index contributed by atoms with van der Waals surface area (Å²) in [7, 11) is 0. The number of hydrogen-bond acceptors (Lipinski definition) is 4. The van der Waals surface area contributed by atoms with Crippen LogP contribution in [0.15, 0.2) is 18.2 Å². The minimum Gasteiger partial charge on any atom is -0.486 e. The Morgan fingerprint density at radius 2 is 1.89 bits per heavy atom. The van der Waals surface area contributed by atoms with Crippen molar-refractivity contribution >= 4 is 0 Å². The van der Waals surface area contributed by atoms with Gasteiger partial charge < -0.3 is 14.8 Å². The molecule has 0 spiro atoms. The van der Waals surface area contributed by atoms with Gasteiger partial charge in [0, 0.05) is 31.7 Å². The predicted molar refractivity (Wildman–Crippen MR) is 73.6 cm³/mol. The largest absolute Gasteiger partial charge is 0.486 e. The molecule has 100 valence electrons. The molecule has 3 rings (SSSR count). The molecule has 19 heavy (non-hydrogen) atoms. The molecule has 0 atom stereocenters. The molecule has 2 heterocycles. The molecule has 1 aromatic carbocycles. The number of fused-ring (bicyclic) bond motifs is 1. The van der Waals surface area contributed by atoms with Crippen molar-refractivity contribution in [3.8, 4) is 23.3 Å². The van der Waals surface area contributed by atoms with Crippen LogP contribution in [0, 0.1) is 11.8 Å². The van der Waals surface area contributed by atoms with Crippen LogP contribution in [0.1, 0.15) is 5.56 Å². The normalized spacial score (nSPS) is 18.5. The van der Waals surface area contributed by atoms with E-state index in [0.717, 1.165) is 49.8 Å². The highest BCUT2D eigenvalue weighted by Crippen LogP contribution is 2.30. The second-order valence-electron chi connectivity index (χ2n) is 4.69. The third kappa shape index (κ3) is 3.19. The Balaban J connectivity index is 1.63. The second kappa shape index (κ2) is 5.96. The van der Waals surface area contributed by atoms with E-state index in [0.29, 0.717) is 13.2 Å². The van der Waals surface area contributed by atoms with Gasteiger partial charge in [-0.1, -0.05) is 11.8 Å². The SMILES string of the molecule is C(#Cc1ccc2c(c1)OCCO2)CN1CCNCC1. The summed E-state index contributed by atoms with van der Waals surface area (Å²) in [6, 6.07) is 5.88. The van der Waals surface area contributed by atoms with Gasteiger partial charge in [0.25, 0.3) is 0 Å². The summed E-state index contributed by atoms with van der Waals surface area (Å²) >= 11 is 0. The van der Waals surface area contributed by atoms with Gasteiger partial charge in [-0.25, -0.2) is 0 Å². The molecule has 4 nitrogen and oxygen atoms in total. The average molecular weight is 258 g/mol. The van der Waals surface area contributed by atoms with Crippen molar-refractivity contribution < 1.29 is 9.47 Å². The Morgan fingerprint density at radius 1 is 1.11 bits per heavy atom. The first-order chi connectivity index (χ1) is 9.42. The molecule has 1 saturated heterocycles. The minimum absolute atomic E-state index is 0.616. The van der Waals surface area contributed by atoms with E-state index in [-0.39, 0.29) is 0 Å². The molecule has 1 N–H and O–H groups in total. The Morgan fingerprint density at radius 3 is 2.74 bits per heavy atom. The molecule has 0 radical (unpaired) electrons.